The second-order valence-electron chi connectivity index (χ2n) is 5.16. The Kier molecular flexibility index (Phi) is 4.59. The van der Waals surface area contributed by atoms with E-state index in [4.69, 9.17) is 21.9 Å². The normalized spacial score (nSPS) is 25.6. The van der Waals surface area contributed by atoms with Crippen molar-refractivity contribution in [1.29, 1.82) is 0 Å². The number of hydrogen-bond acceptors (Lipinski definition) is 8. The third kappa shape index (κ3) is 2.81. The van der Waals surface area contributed by atoms with Crippen molar-refractivity contribution in [2.45, 2.75) is 24.5 Å². The van der Waals surface area contributed by atoms with E-state index in [1.165, 1.54) is 17.9 Å². The van der Waals surface area contributed by atoms with Crippen molar-refractivity contribution in [1.82, 2.24) is 24.8 Å². The van der Waals surface area contributed by atoms with Crippen LogP contribution < -0.4 is 10.6 Å². The molecule has 1 saturated heterocycles. The van der Waals surface area contributed by atoms with E-state index in [2.05, 4.69) is 35.6 Å². The first kappa shape index (κ1) is 17.2. The molecular formula is C12H14ClN9O3. The molecule has 1 amide bonds. The van der Waals surface area contributed by atoms with Gasteiger partial charge in [-0.1, -0.05) is 5.11 Å². The number of carbonyl (C=O) groups is 1. The van der Waals surface area contributed by atoms with Crippen molar-refractivity contribution in [3.8, 4) is 0 Å². The number of nitrogens with zero attached hydrogens (tertiary/aromatic N) is 7. The van der Waals surface area contributed by atoms with Gasteiger partial charge in [0.2, 0.25) is 11.2 Å². The quantitative estimate of drug-likeness (QED) is 0.301. The van der Waals surface area contributed by atoms with E-state index >= 15 is 0 Å². The predicted octanol–water partition coefficient (Wildman–Crippen LogP) is 0.205. The highest BCUT2D eigenvalue weighted by molar-refractivity contribution is 6.28. The largest absolute Gasteiger partial charge is 0.388 e. The summed E-state index contributed by atoms with van der Waals surface area (Å²) in [4.78, 5) is 27.0. The number of ether oxygens (including phenoxy) is 1. The van der Waals surface area contributed by atoms with E-state index in [1.54, 1.807) is 7.05 Å². The first-order valence-electron chi connectivity index (χ1n) is 7.19. The molecule has 1 aliphatic heterocycles. The van der Waals surface area contributed by atoms with Crippen LogP contribution in [0.3, 0.4) is 0 Å². The minimum Gasteiger partial charge on any atom is -0.388 e. The summed E-state index contributed by atoms with van der Waals surface area (Å²) in [6.07, 6.45) is -2.11. The minimum absolute atomic E-state index is 0.0273. The summed E-state index contributed by atoms with van der Waals surface area (Å²) in [5, 5.41) is 19.2. The number of nitrogens with one attached hydrogen (secondary N) is 2. The molecule has 0 aromatic carbocycles. The fourth-order valence-corrected chi connectivity index (χ4v) is 2.85. The van der Waals surface area contributed by atoms with Crippen LogP contribution in [0.1, 0.15) is 6.23 Å². The first-order valence-corrected chi connectivity index (χ1v) is 7.56. The lowest BCUT2D eigenvalue weighted by Crippen LogP contribution is -2.40. The molecule has 25 heavy (non-hydrogen) atoms. The fraction of sp³-hybridized carbons (Fsp3) is 0.500. The summed E-state index contributed by atoms with van der Waals surface area (Å²) in [5.74, 6) is -0.123. The number of aromatic nitrogens is 4. The smallest absolute Gasteiger partial charge is 0.249 e. The Morgan fingerprint density at radius 3 is 2.92 bits per heavy atom. The highest BCUT2D eigenvalue weighted by Gasteiger charge is 2.48. The van der Waals surface area contributed by atoms with Gasteiger partial charge in [-0.2, -0.15) is 9.97 Å². The Morgan fingerprint density at radius 1 is 1.52 bits per heavy atom. The van der Waals surface area contributed by atoms with Crippen molar-refractivity contribution in [3.63, 3.8) is 0 Å². The van der Waals surface area contributed by atoms with Crippen molar-refractivity contribution in [3.05, 3.63) is 22.1 Å². The number of aliphatic hydroxyl groups excluding tert-OH is 1. The highest BCUT2D eigenvalue weighted by atomic mass is 35.5. The van der Waals surface area contributed by atoms with Crippen molar-refractivity contribution < 1.29 is 14.6 Å². The molecule has 132 valence electrons. The van der Waals surface area contributed by atoms with Gasteiger partial charge in [0.1, 0.15) is 18.2 Å². The van der Waals surface area contributed by atoms with Gasteiger partial charge in [0.25, 0.3) is 0 Å². The van der Waals surface area contributed by atoms with Crippen LogP contribution in [-0.2, 0) is 9.53 Å². The van der Waals surface area contributed by atoms with Crippen molar-refractivity contribution in [2.24, 2.45) is 5.11 Å². The minimum atomic E-state index is -1.29. The molecule has 4 unspecified atom stereocenters. The second kappa shape index (κ2) is 6.69. The molecule has 2 aromatic rings. The molecule has 1 aliphatic rings. The third-order valence-corrected chi connectivity index (χ3v) is 4.00. The molecule has 0 spiro atoms. The number of azide groups is 1. The van der Waals surface area contributed by atoms with Gasteiger partial charge in [0.15, 0.2) is 23.2 Å². The zero-order valence-corrected chi connectivity index (χ0v) is 13.9. The van der Waals surface area contributed by atoms with Crippen LogP contribution in [0.4, 0.5) is 5.82 Å². The molecule has 12 nitrogen and oxygen atoms in total. The van der Waals surface area contributed by atoms with Gasteiger partial charge in [0.05, 0.1) is 6.33 Å². The van der Waals surface area contributed by atoms with Crippen LogP contribution in [-0.4, -0.2) is 62.9 Å². The van der Waals surface area contributed by atoms with E-state index in [1.807, 2.05) is 0 Å². The second-order valence-corrected chi connectivity index (χ2v) is 5.50. The summed E-state index contributed by atoms with van der Waals surface area (Å²) in [6.45, 7) is 0. The first-order chi connectivity index (χ1) is 12.0. The fourth-order valence-electron chi connectivity index (χ4n) is 2.69. The van der Waals surface area contributed by atoms with Gasteiger partial charge in [0, 0.05) is 19.0 Å². The number of carbonyl (C=O) groups excluding carboxylic acids is 1. The van der Waals surface area contributed by atoms with Gasteiger partial charge in [-0.15, -0.1) is 0 Å². The van der Waals surface area contributed by atoms with Crippen LogP contribution in [0.5, 0.6) is 0 Å². The lowest BCUT2D eigenvalue weighted by atomic mass is 10.1. The number of fused-ring (bicyclic) bond motifs is 1. The number of anilines is 1. The Hall–Kier alpha value is -2.66. The maximum absolute atomic E-state index is 12.0. The summed E-state index contributed by atoms with van der Waals surface area (Å²) in [6, 6.07) is -1.10. The molecule has 0 bridgehead atoms. The summed E-state index contributed by atoms with van der Waals surface area (Å²) in [7, 11) is 3.06. The molecule has 2 aromatic heterocycles. The molecule has 1 fully saturated rings. The molecule has 4 atom stereocenters. The maximum atomic E-state index is 12.0. The van der Waals surface area contributed by atoms with Crippen LogP contribution in [0.2, 0.25) is 5.28 Å². The van der Waals surface area contributed by atoms with Crippen molar-refractivity contribution in [2.75, 3.05) is 19.4 Å². The lowest BCUT2D eigenvalue weighted by Gasteiger charge is -2.16. The molecule has 13 heteroatoms. The standard InChI is InChI=1S/C12H14ClN9O3/c1-15-8-5-9(19-12(13)18-8)22(3-17-5)11-6(23)4(20-21-14)7(25-11)10(24)16-2/h3-4,6-7,11,23H,1-2H3,(H,16,24)(H,15,18,19). The molecule has 0 radical (unpaired) electrons. The van der Waals surface area contributed by atoms with E-state index in [0.717, 1.165) is 0 Å². The van der Waals surface area contributed by atoms with Gasteiger partial charge in [-0.3, -0.25) is 9.36 Å². The van der Waals surface area contributed by atoms with Gasteiger partial charge in [-0.05, 0) is 17.1 Å². The highest BCUT2D eigenvalue weighted by Crippen LogP contribution is 2.34. The Bertz CT molecular complexity index is 865. The molecule has 3 heterocycles. The van der Waals surface area contributed by atoms with Gasteiger partial charge < -0.3 is 20.5 Å². The summed E-state index contributed by atoms with van der Waals surface area (Å²) < 4.78 is 7.04. The molecular weight excluding hydrogens is 354 g/mol. The number of rotatable bonds is 4. The lowest BCUT2D eigenvalue weighted by molar-refractivity contribution is -0.134. The Morgan fingerprint density at radius 2 is 2.28 bits per heavy atom. The zero-order chi connectivity index (χ0) is 18.1. The number of likely N-dealkylation sites (N-methyl/N-ethyl adjacent to an activating group) is 1. The SMILES string of the molecule is CNC(=O)C1OC(n2cnc3c(NC)nc(Cl)nc32)C(O)C1N=[N+]=[N-]. The predicted molar refractivity (Wildman–Crippen MR) is 86.8 cm³/mol. The number of amides is 1. The molecule has 0 saturated carbocycles. The number of hydrogen-bond donors (Lipinski definition) is 3. The number of halogens is 1. The van der Waals surface area contributed by atoms with E-state index in [9.17, 15) is 9.90 Å². The zero-order valence-electron chi connectivity index (χ0n) is 13.2. The van der Waals surface area contributed by atoms with E-state index in [0.29, 0.717) is 17.0 Å². The molecule has 0 aliphatic carbocycles. The molecule has 3 N–H and O–H groups in total. The third-order valence-electron chi connectivity index (χ3n) is 3.83. The Balaban J connectivity index is 2.07. The average molecular weight is 368 g/mol. The van der Waals surface area contributed by atoms with Crippen LogP contribution in [0.15, 0.2) is 11.4 Å². The summed E-state index contributed by atoms with van der Waals surface area (Å²) >= 11 is 5.92. The molecule has 3 rings (SSSR count). The van der Waals surface area contributed by atoms with Gasteiger partial charge >= 0.3 is 0 Å². The Labute approximate surface area is 145 Å². The topological polar surface area (TPSA) is 163 Å². The number of aliphatic hydroxyl groups is 1. The van der Waals surface area contributed by atoms with E-state index in [-0.39, 0.29) is 5.28 Å². The van der Waals surface area contributed by atoms with Crippen molar-refractivity contribution >= 4 is 34.5 Å². The van der Waals surface area contributed by atoms with Crippen LogP contribution in [0, 0.1) is 0 Å². The maximum Gasteiger partial charge on any atom is 0.249 e. The average Bonchev–Trinajstić information content (AvgIpc) is 3.15. The van der Waals surface area contributed by atoms with Crippen LogP contribution >= 0.6 is 11.6 Å². The van der Waals surface area contributed by atoms with E-state index < -0.39 is 30.4 Å². The monoisotopic (exact) mass is 367 g/mol. The summed E-state index contributed by atoms with van der Waals surface area (Å²) in [5.41, 5.74) is 9.41. The van der Waals surface area contributed by atoms with Gasteiger partial charge in [-0.25, -0.2) is 4.98 Å². The number of imidazole rings is 1. The van der Waals surface area contributed by atoms with Crippen LogP contribution in [0.25, 0.3) is 21.6 Å².